The van der Waals surface area contributed by atoms with Gasteiger partial charge in [-0.3, -0.25) is 15.1 Å². The Labute approximate surface area is 123 Å². The second-order valence-corrected chi connectivity index (χ2v) is 5.12. The molecule has 0 aliphatic heterocycles. The van der Waals surface area contributed by atoms with E-state index >= 15 is 0 Å². The van der Waals surface area contributed by atoms with E-state index in [9.17, 15) is 10.1 Å². The van der Waals surface area contributed by atoms with Crippen LogP contribution in [0.15, 0.2) is 24.5 Å². The largest absolute Gasteiger partial charge is 0.364 e. The van der Waals surface area contributed by atoms with Gasteiger partial charge in [0, 0.05) is 25.0 Å². The maximum Gasteiger partial charge on any atom is 0.333 e. The van der Waals surface area contributed by atoms with Gasteiger partial charge in [0.15, 0.2) is 0 Å². The average molecular weight is 289 g/mol. The Morgan fingerprint density at radius 2 is 2.24 bits per heavy atom. The van der Waals surface area contributed by atoms with Crippen LogP contribution in [0.25, 0.3) is 0 Å². The van der Waals surface area contributed by atoms with Crippen LogP contribution in [0, 0.1) is 17.0 Å². The first-order valence-electron chi connectivity index (χ1n) is 6.87. The molecular formula is C14H19N5O2. The molecule has 7 heteroatoms. The van der Waals surface area contributed by atoms with Crippen molar-refractivity contribution < 1.29 is 4.92 Å². The quantitative estimate of drug-likeness (QED) is 0.652. The molecule has 0 aliphatic rings. The van der Waals surface area contributed by atoms with Gasteiger partial charge in [0.1, 0.15) is 5.69 Å². The van der Waals surface area contributed by atoms with Crippen molar-refractivity contribution in [1.82, 2.24) is 14.8 Å². The van der Waals surface area contributed by atoms with Crippen LogP contribution in [-0.2, 0) is 6.42 Å². The Kier molecular flexibility index (Phi) is 4.52. The lowest BCUT2D eigenvalue weighted by Crippen LogP contribution is -2.13. The highest BCUT2D eigenvalue weighted by Crippen LogP contribution is 2.30. The van der Waals surface area contributed by atoms with Crippen molar-refractivity contribution in [3.05, 3.63) is 45.9 Å². The summed E-state index contributed by atoms with van der Waals surface area (Å²) in [4.78, 5) is 14.9. The minimum absolute atomic E-state index is 0.0508. The maximum absolute atomic E-state index is 11.2. The summed E-state index contributed by atoms with van der Waals surface area (Å²) in [5.41, 5.74) is 1.56. The number of hydrogen-bond donors (Lipinski definition) is 1. The summed E-state index contributed by atoms with van der Waals surface area (Å²) >= 11 is 0. The Hall–Kier alpha value is -2.44. The van der Waals surface area contributed by atoms with Crippen LogP contribution in [0.4, 0.5) is 11.5 Å². The van der Waals surface area contributed by atoms with E-state index < -0.39 is 0 Å². The fraction of sp³-hybridized carbons (Fsp3) is 0.429. The molecule has 21 heavy (non-hydrogen) atoms. The summed E-state index contributed by atoms with van der Waals surface area (Å²) in [5, 5.41) is 18.6. The highest BCUT2D eigenvalue weighted by molar-refractivity contribution is 5.59. The lowest BCUT2D eigenvalue weighted by atomic mass is 10.2. The number of nitro groups is 1. The molecule has 0 amide bonds. The topological polar surface area (TPSA) is 85.9 Å². The number of rotatable bonds is 6. The third-order valence-electron chi connectivity index (χ3n) is 3.15. The maximum atomic E-state index is 11.2. The monoisotopic (exact) mass is 289 g/mol. The molecule has 0 saturated carbocycles. The number of aryl methyl sites for hydroxylation is 1. The molecule has 2 aromatic heterocycles. The molecular weight excluding hydrogens is 270 g/mol. The number of anilines is 1. The van der Waals surface area contributed by atoms with Gasteiger partial charge in [-0.05, 0) is 38.8 Å². The minimum Gasteiger partial charge on any atom is -0.364 e. The number of nitrogens with zero attached hydrogens (tertiary/aromatic N) is 4. The molecule has 0 spiro atoms. The third kappa shape index (κ3) is 3.36. The Morgan fingerprint density at radius 1 is 1.48 bits per heavy atom. The van der Waals surface area contributed by atoms with E-state index in [1.807, 2.05) is 26.0 Å². The lowest BCUT2D eigenvalue weighted by molar-refractivity contribution is -0.384. The standard InChI is InChI=1S/C14H19N5O2/c1-10(2)18-14(13(19(20)21)11(3)17-18)16-8-6-12-5-4-7-15-9-12/h4-5,7,9-10,16H,6,8H2,1-3H3. The summed E-state index contributed by atoms with van der Waals surface area (Å²) in [6.45, 7) is 6.14. The van der Waals surface area contributed by atoms with E-state index in [1.165, 1.54) is 0 Å². The van der Waals surface area contributed by atoms with Crippen molar-refractivity contribution in [2.75, 3.05) is 11.9 Å². The highest BCUT2D eigenvalue weighted by atomic mass is 16.6. The minimum atomic E-state index is -0.381. The van der Waals surface area contributed by atoms with Crippen molar-refractivity contribution in [2.45, 2.75) is 33.2 Å². The smallest absolute Gasteiger partial charge is 0.333 e. The molecule has 0 unspecified atom stereocenters. The Morgan fingerprint density at radius 3 is 2.81 bits per heavy atom. The summed E-state index contributed by atoms with van der Waals surface area (Å²) < 4.78 is 1.66. The summed E-state index contributed by atoms with van der Waals surface area (Å²) in [5.74, 6) is 0.469. The van der Waals surface area contributed by atoms with Crippen LogP contribution in [0.5, 0.6) is 0 Å². The molecule has 0 aliphatic carbocycles. The van der Waals surface area contributed by atoms with E-state index in [4.69, 9.17) is 0 Å². The van der Waals surface area contributed by atoms with Gasteiger partial charge in [0.2, 0.25) is 5.82 Å². The summed E-state index contributed by atoms with van der Waals surface area (Å²) in [7, 11) is 0. The molecule has 0 saturated heterocycles. The SMILES string of the molecule is Cc1nn(C(C)C)c(NCCc2cccnc2)c1[N+](=O)[O-]. The third-order valence-corrected chi connectivity index (χ3v) is 3.15. The van der Waals surface area contributed by atoms with E-state index in [0.717, 1.165) is 12.0 Å². The first-order valence-corrected chi connectivity index (χ1v) is 6.87. The van der Waals surface area contributed by atoms with Crippen LogP contribution in [0.3, 0.4) is 0 Å². The van der Waals surface area contributed by atoms with Crippen molar-refractivity contribution in [2.24, 2.45) is 0 Å². The van der Waals surface area contributed by atoms with Crippen molar-refractivity contribution in [1.29, 1.82) is 0 Å². The molecule has 0 aromatic carbocycles. The first-order chi connectivity index (χ1) is 10.0. The van der Waals surface area contributed by atoms with Gasteiger partial charge in [-0.25, -0.2) is 4.68 Å². The molecule has 0 bridgehead atoms. The number of pyridine rings is 1. The molecule has 7 nitrogen and oxygen atoms in total. The van der Waals surface area contributed by atoms with Crippen LogP contribution in [0.1, 0.15) is 31.1 Å². The van der Waals surface area contributed by atoms with Gasteiger partial charge in [-0.15, -0.1) is 0 Å². The van der Waals surface area contributed by atoms with Gasteiger partial charge >= 0.3 is 5.69 Å². The number of aromatic nitrogens is 3. The van der Waals surface area contributed by atoms with Crippen molar-refractivity contribution in [3.8, 4) is 0 Å². The van der Waals surface area contributed by atoms with Gasteiger partial charge in [0.25, 0.3) is 0 Å². The molecule has 2 heterocycles. The summed E-state index contributed by atoms with van der Waals surface area (Å²) in [6, 6.07) is 3.91. The zero-order chi connectivity index (χ0) is 15.4. The van der Waals surface area contributed by atoms with Crippen LogP contribution in [0.2, 0.25) is 0 Å². The van der Waals surface area contributed by atoms with Gasteiger partial charge < -0.3 is 5.32 Å². The molecule has 1 N–H and O–H groups in total. The predicted octanol–water partition coefficient (Wildman–Crippen LogP) is 2.73. The van der Waals surface area contributed by atoms with E-state index in [1.54, 1.807) is 24.0 Å². The van der Waals surface area contributed by atoms with Gasteiger partial charge in [0.05, 0.1) is 4.92 Å². The predicted molar refractivity (Wildman–Crippen MR) is 80.4 cm³/mol. The second kappa shape index (κ2) is 6.34. The summed E-state index contributed by atoms with van der Waals surface area (Å²) in [6.07, 6.45) is 4.26. The van der Waals surface area contributed by atoms with Crippen molar-refractivity contribution in [3.63, 3.8) is 0 Å². The van der Waals surface area contributed by atoms with Crippen molar-refractivity contribution >= 4 is 11.5 Å². The normalized spacial score (nSPS) is 10.9. The zero-order valence-corrected chi connectivity index (χ0v) is 12.4. The van der Waals surface area contributed by atoms with Crippen LogP contribution in [-0.4, -0.2) is 26.2 Å². The number of nitrogens with one attached hydrogen (secondary N) is 1. The fourth-order valence-corrected chi connectivity index (χ4v) is 2.17. The molecule has 0 fully saturated rings. The van der Waals surface area contributed by atoms with Gasteiger partial charge in [-0.2, -0.15) is 5.10 Å². The molecule has 2 aromatic rings. The number of hydrogen-bond acceptors (Lipinski definition) is 5. The molecule has 112 valence electrons. The fourth-order valence-electron chi connectivity index (χ4n) is 2.17. The molecule has 0 radical (unpaired) electrons. The zero-order valence-electron chi connectivity index (χ0n) is 12.4. The highest BCUT2D eigenvalue weighted by Gasteiger charge is 2.26. The second-order valence-electron chi connectivity index (χ2n) is 5.12. The van der Waals surface area contributed by atoms with E-state index in [2.05, 4.69) is 15.4 Å². The average Bonchev–Trinajstić information content (AvgIpc) is 2.77. The van der Waals surface area contributed by atoms with E-state index in [0.29, 0.717) is 18.1 Å². The Bertz CT molecular complexity index is 622. The molecule has 2 rings (SSSR count). The Balaban J connectivity index is 2.16. The van der Waals surface area contributed by atoms with E-state index in [-0.39, 0.29) is 16.7 Å². The van der Waals surface area contributed by atoms with Gasteiger partial charge in [-0.1, -0.05) is 6.07 Å². The lowest BCUT2D eigenvalue weighted by Gasteiger charge is -2.11. The first kappa shape index (κ1) is 15.0. The van der Waals surface area contributed by atoms with Crippen LogP contribution < -0.4 is 5.32 Å². The van der Waals surface area contributed by atoms with Crippen LogP contribution >= 0.6 is 0 Å². The molecule has 0 atom stereocenters.